The topological polar surface area (TPSA) is 44.5 Å². The highest BCUT2D eigenvalue weighted by atomic mass is 32.1. The van der Waals surface area contributed by atoms with Gasteiger partial charge in [-0.05, 0) is 30.5 Å². The minimum absolute atomic E-state index is 0.368. The lowest BCUT2D eigenvalue weighted by atomic mass is 10.2. The average molecular weight is 287 g/mol. The second-order valence-corrected chi connectivity index (χ2v) is 4.96. The number of thiophene rings is 1. The van der Waals surface area contributed by atoms with E-state index in [-0.39, 0.29) is 0 Å². The zero-order valence-corrected chi connectivity index (χ0v) is 12.2. The second kappa shape index (κ2) is 7.59. The number of rotatable bonds is 5. The maximum Gasteiger partial charge on any atom is 0.124 e. The predicted octanol–water partition coefficient (Wildman–Crippen LogP) is 3.04. The summed E-state index contributed by atoms with van der Waals surface area (Å²) in [6.07, 6.45) is 0. The molecule has 0 amide bonds. The van der Waals surface area contributed by atoms with Gasteiger partial charge in [-0.1, -0.05) is 17.9 Å². The highest BCUT2D eigenvalue weighted by Crippen LogP contribution is 2.22. The molecule has 0 bridgehead atoms. The fourth-order valence-electron chi connectivity index (χ4n) is 1.68. The predicted molar refractivity (Wildman–Crippen MR) is 82.2 cm³/mol. The Morgan fingerprint density at radius 2 is 2.00 bits per heavy atom. The van der Waals surface area contributed by atoms with Crippen LogP contribution < -0.4 is 15.2 Å². The van der Waals surface area contributed by atoms with Gasteiger partial charge in [-0.15, -0.1) is 11.3 Å². The summed E-state index contributed by atoms with van der Waals surface area (Å²) in [5, 5.41) is 2.01. The fraction of sp³-hybridized carbons (Fsp3) is 0.250. The summed E-state index contributed by atoms with van der Waals surface area (Å²) >= 11 is 1.63. The summed E-state index contributed by atoms with van der Waals surface area (Å²) in [7, 11) is 0. The summed E-state index contributed by atoms with van der Waals surface area (Å²) in [6, 6.07) is 9.63. The first-order valence-electron chi connectivity index (χ1n) is 6.44. The molecule has 1 aromatic heterocycles. The molecule has 4 heteroatoms. The van der Waals surface area contributed by atoms with Gasteiger partial charge < -0.3 is 15.2 Å². The molecular formula is C16H17NO2S. The van der Waals surface area contributed by atoms with Crippen LogP contribution >= 0.6 is 11.3 Å². The van der Waals surface area contributed by atoms with E-state index in [4.69, 9.17) is 15.2 Å². The van der Waals surface area contributed by atoms with Gasteiger partial charge in [-0.25, -0.2) is 0 Å². The van der Waals surface area contributed by atoms with E-state index in [9.17, 15) is 0 Å². The Bertz CT molecular complexity index is 610. The molecule has 1 aromatic carbocycles. The van der Waals surface area contributed by atoms with E-state index in [0.717, 1.165) is 21.9 Å². The van der Waals surface area contributed by atoms with Crippen molar-refractivity contribution in [3.05, 3.63) is 46.2 Å². The van der Waals surface area contributed by atoms with Crippen LogP contribution in [0.1, 0.15) is 17.4 Å². The second-order valence-electron chi connectivity index (χ2n) is 3.96. The molecule has 0 fully saturated rings. The van der Waals surface area contributed by atoms with E-state index in [2.05, 4.69) is 11.8 Å². The van der Waals surface area contributed by atoms with Crippen LogP contribution in [0.3, 0.4) is 0 Å². The quantitative estimate of drug-likeness (QED) is 0.860. The molecule has 2 N–H and O–H groups in total. The Morgan fingerprint density at radius 3 is 2.75 bits per heavy atom. The van der Waals surface area contributed by atoms with Crippen LogP contribution in [-0.2, 0) is 6.61 Å². The van der Waals surface area contributed by atoms with Gasteiger partial charge in [0.05, 0.1) is 18.0 Å². The Kier molecular flexibility index (Phi) is 5.48. The molecule has 1 heterocycles. The Labute approximate surface area is 123 Å². The number of nitrogens with two attached hydrogens (primary N) is 1. The van der Waals surface area contributed by atoms with E-state index in [1.54, 1.807) is 11.3 Å². The van der Waals surface area contributed by atoms with Crippen LogP contribution in [0.2, 0.25) is 0 Å². The van der Waals surface area contributed by atoms with Crippen LogP contribution in [0.4, 0.5) is 0 Å². The van der Waals surface area contributed by atoms with Crippen molar-refractivity contribution in [2.24, 2.45) is 5.73 Å². The average Bonchev–Trinajstić information content (AvgIpc) is 2.91. The maximum atomic E-state index is 5.79. The summed E-state index contributed by atoms with van der Waals surface area (Å²) in [5.74, 6) is 7.53. The lowest BCUT2D eigenvalue weighted by Crippen LogP contribution is -1.97. The van der Waals surface area contributed by atoms with Gasteiger partial charge in [0.25, 0.3) is 0 Å². The molecule has 0 unspecified atom stereocenters. The van der Waals surface area contributed by atoms with Crippen molar-refractivity contribution in [1.82, 2.24) is 0 Å². The standard InChI is InChI=1S/C16H17NO2S/c1-2-18-14-6-3-7-15(11-14)19-12-16-13(5-4-9-17)8-10-20-16/h3,6-8,10-11H,2,9,12,17H2,1H3. The van der Waals surface area contributed by atoms with Crippen LogP contribution in [0.5, 0.6) is 11.5 Å². The monoisotopic (exact) mass is 287 g/mol. The molecule has 0 spiro atoms. The van der Waals surface area contributed by atoms with Gasteiger partial charge in [0.15, 0.2) is 0 Å². The van der Waals surface area contributed by atoms with E-state index in [1.165, 1.54) is 0 Å². The van der Waals surface area contributed by atoms with Crippen molar-refractivity contribution in [1.29, 1.82) is 0 Å². The molecule has 0 aliphatic rings. The third kappa shape index (κ3) is 4.02. The van der Waals surface area contributed by atoms with Gasteiger partial charge in [0.1, 0.15) is 18.1 Å². The van der Waals surface area contributed by atoms with Crippen molar-refractivity contribution < 1.29 is 9.47 Å². The van der Waals surface area contributed by atoms with Gasteiger partial charge in [0.2, 0.25) is 0 Å². The number of benzene rings is 1. The van der Waals surface area contributed by atoms with Gasteiger partial charge in [-0.2, -0.15) is 0 Å². The van der Waals surface area contributed by atoms with Crippen molar-refractivity contribution >= 4 is 11.3 Å². The van der Waals surface area contributed by atoms with E-state index >= 15 is 0 Å². The lowest BCUT2D eigenvalue weighted by molar-refractivity contribution is 0.302. The zero-order chi connectivity index (χ0) is 14.2. The number of ether oxygens (including phenoxy) is 2. The Hall–Kier alpha value is -1.96. The summed E-state index contributed by atoms with van der Waals surface area (Å²) in [5.41, 5.74) is 6.38. The minimum atomic E-state index is 0.368. The van der Waals surface area contributed by atoms with Gasteiger partial charge in [-0.3, -0.25) is 0 Å². The summed E-state index contributed by atoms with van der Waals surface area (Å²) in [6.45, 7) is 3.48. The molecule has 0 aliphatic carbocycles. The Balaban J connectivity index is 2.01. The summed E-state index contributed by atoms with van der Waals surface area (Å²) < 4.78 is 11.2. The molecule has 0 saturated carbocycles. The highest BCUT2D eigenvalue weighted by Gasteiger charge is 2.04. The number of hydrogen-bond acceptors (Lipinski definition) is 4. The van der Waals surface area contributed by atoms with E-state index < -0.39 is 0 Å². The largest absolute Gasteiger partial charge is 0.494 e. The number of hydrogen-bond donors (Lipinski definition) is 1. The maximum absolute atomic E-state index is 5.79. The molecule has 0 saturated heterocycles. The van der Waals surface area contributed by atoms with Crippen molar-refractivity contribution in [3.8, 4) is 23.3 Å². The third-order valence-electron chi connectivity index (χ3n) is 2.56. The molecule has 0 atom stereocenters. The first kappa shape index (κ1) is 14.4. The van der Waals surface area contributed by atoms with Crippen LogP contribution in [0.15, 0.2) is 35.7 Å². The third-order valence-corrected chi connectivity index (χ3v) is 3.45. The van der Waals surface area contributed by atoms with Crippen molar-refractivity contribution in [2.45, 2.75) is 13.5 Å². The SMILES string of the molecule is CCOc1cccc(OCc2sccc2C#CCN)c1. The normalized spacial score (nSPS) is 9.70. The molecule has 2 rings (SSSR count). The molecule has 0 radical (unpaired) electrons. The Morgan fingerprint density at radius 1 is 1.20 bits per heavy atom. The molecule has 104 valence electrons. The molecule has 20 heavy (non-hydrogen) atoms. The van der Waals surface area contributed by atoms with E-state index in [1.807, 2.05) is 42.6 Å². The summed E-state index contributed by atoms with van der Waals surface area (Å²) in [4.78, 5) is 1.10. The molecular weight excluding hydrogens is 270 g/mol. The first-order valence-corrected chi connectivity index (χ1v) is 7.32. The first-order chi connectivity index (χ1) is 9.83. The van der Waals surface area contributed by atoms with Gasteiger partial charge in [0, 0.05) is 11.6 Å². The smallest absolute Gasteiger partial charge is 0.124 e. The molecule has 2 aromatic rings. The van der Waals surface area contributed by atoms with Crippen LogP contribution in [0.25, 0.3) is 0 Å². The van der Waals surface area contributed by atoms with Gasteiger partial charge >= 0.3 is 0 Å². The van der Waals surface area contributed by atoms with E-state index in [0.29, 0.717) is 19.8 Å². The lowest BCUT2D eigenvalue weighted by Gasteiger charge is -2.08. The van der Waals surface area contributed by atoms with Crippen molar-refractivity contribution in [2.75, 3.05) is 13.2 Å². The highest BCUT2D eigenvalue weighted by molar-refractivity contribution is 7.10. The fourth-order valence-corrected chi connectivity index (χ4v) is 2.42. The minimum Gasteiger partial charge on any atom is -0.494 e. The molecule has 0 aliphatic heterocycles. The van der Waals surface area contributed by atoms with Crippen molar-refractivity contribution in [3.63, 3.8) is 0 Å². The molecule has 3 nitrogen and oxygen atoms in total. The van der Waals surface area contributed by atoms with Crippen LogP contribution in [0, 0.1) is 11.8 Å². The zero-order valence-electron chi connectivity index (χ0n) is 11.4. The van der Waals surface area contributed by atoms with Crippen LogP contribution in [-0.4, -0.2) is 13.2 Å².